The first-order valence-electron chi connectivity index (χ1n) is 8.00. The number of aromatic nitrogens is 1. The fourth-order valence-electron chi connectivity index (χ4n) is 2.67. The zero-order valence-electron chi connectivity index (χ0n) is 14.4. The number of hydrogen-bond acceptors (Lipinski definition) is 6. The maximum atomic E-state index is 11.8. The van der Waals surface area contributed by atoms with Crippen molar-refractivity contribution in [2.24, 2.45) is 0 Å². The lowest BCUT2D eigenvalue weighted by Gasteiger charge is -2.25. The molecule has 1 aromatic rings. The lowest BCUT2D eigenvalue weighted by Crippen LogP contribution is -2.30. The molecule has 0 N–H and O–H groups in total. The second kappa shape index (κ2) is 8.50. The van der Waals surface area contributed by atoms with Crippen LogP contribution >= 0.6 is 34.5 Å². The number of rotatable bonds is 7. The molecule has 3 rings (SSSR count). The van der Waals surface area contributed by atoms with Crippen LogP contribution in [0.1, 0.15) is 0 Å². The third-order valence-electron chi connectivity index (χ3n) is 3.95. The average molecular weight is 413 g/mol. The maximum absolute atomic E-state index is 11.8. The van der Waals surface area contributed by atoms with E-state index in [0.717, 1.165) is 15.3 Å². The number of nitrogens with zero attached hydrogens (tertiary/aromatic N) is 2. The minimum Gasteiger partial charge on any atom is -0.383 e. The van der Waals surface area contributed by atoms with Crippen molar-refractivity contribution in [1.29, 1.82) is 0 Å². The van der Waals surface area contributed by atoms with Gasteiger partial charge in [0.25, 0.3) is 0 Å². The number of benzene rings is 2. The summed E-state index contributed by atoms with van der Waals surface area (Å²) in [4.78, 5) is 19.2. The van der Waals surface area contributed by atoms with Crippen LogP contribution in [0, 0.1) is 0 Å². The first-order chi connectivity index (χ1) is 12.5. The van der Waals surface area contributed by atoms with Gasteiger partial charge in [-0.3, -0.25) is 4.79 Å². The number of halogens is 2. The number of ether oxygens (including phenoxy) is 2. The van der Waals surface area contributed by atoms with E-state index in [9.17, 15) is 4.79 Å². The molecular weight excluding hydrogens is 395 g/mol. The van der Waals surface area contributed by atoms with Crippen LogP contribution in [0.4, 0.5) is 5.69 Å². The quantitative estimate of drug-likeness (QED) is 0.545. The van der Waals surface area contributed by atoms with Crippen molar-refractivity contribution in [3.05, 3.63) is 44.5 Å². The summed E-state index contributed by atoms with van der Waals surface area (Å²) in [6.07, 6.45) is 0. The van der Waals surface area contributed by atoms with Crippen molar-refractivity contribution >= 4 is 50.4 Å². The summed E-state index contributed by atoms with van der Waals surface area (Å²) in [5.74, 6) is 0. The van der Waals surface area contributed by atoms with Crippen molar-refractivity contribution in [2.75, 3.05) is 45.4 Å². The Morgan fingerprint density at radius 1 is 1.04 bits per heavy atom. The lowest BCUT2D eigenvalue weighted by molar-refractivity contribution is 0.190. The molecule has 0 spiro atoms. The highest BCUT2D eigenvalue weighted by Crippen LogP contribution is 2.38. The molecule has 0 fully saturated rings. The number of fused-ring (bicyclic) bond motifs is 2. The van der Waals surface area contributed by atoms with E-state index >= 15 is 0 Å². The number of methoxy groups -OCH3 is 2. The first kappa shape index (κ1) is 19.3. The molecule has 1 aliphatic heterocycles. The SMILES string of the molecule is COCCN(CCOC)c1cc(Cl)c2nc3c(Cl)cc(=O)cc-3sc2c1. The van der Waals surface area contributed by atoms with Crippen LogP contribution in [0.3, 0.4) is 0 Å². The molecule has 0 unspecified atom stereocenters. The third-order valence-corrected chi connectivity index (χ3v) is 5.59. The van der Waals surface area contributed by atoms with Crippen LogP contribution in [0.25, 0.3) is 20.8 Å². The van der Waals surface area contributed by atoms with Gasteiger partial charge in [0.15, 0.2) is 5.43 Å². The Kier molecular flexibility index (Phi) is 6.32. The maximum Gasteiger partial charge on any atom is 0.181 e. The molecule has 1 aliphatic carbocycles. The van der Waals surface area contributed by atoms with Gasteiger partial charge in [-0.1, -0.05) is 23.2 Å². The molecule has 0 saturated heterocycles. The Balaban J connectivity index is 2.12. The van der Waals surface area contributed by atoms with Crippen LogP contribution in [-0.4, -0.2) is 45.5 Å². The standard InChI is InChI=1S/C18H18Cl2N2O3S/c1-24-5-3-22(4-6-25-2)11-7-13(19)17-15(8-11)26-16-10-12(23)9-14(20)18(16)21-17/h7-10H,3-6H2,1-2H3. The summed E-state index contributed by atoms with van der Waals surface area (Å²) in [5, 5.41) is 0.880. The zero-order valence-corrected chi connectivity index (χ0v) is 16.7. The first-order valence-corrected chi connectivity index (χ1v) is 9.57. The summed E-state index contributed by atoms with van der Waals surface area (Å²) >= 11 is 14.1. The van der Waals surface area contributed by atoms with E-state index in [1.165, 1.54) is 17.4 Å². The number of anilines is 1. The van der Waals surface area contributed by atoms with E-state index in [-0.39, 0.29) is 5.43 Å². The van der Waals surface area contributed by atoms with Crippen LogP contribution < -0.4 is 10.3 Å². The topological polar surface area (TPSA) is 51.7 Å². The number of hydrogen-bond donors (Lipinski definition) is 0. The van der Waals surface area contributed by atoms with E-state index in [0.29, 0.717) is 47.6 Å². The van der Waals surface area contributed by atoms with E-state index in [4.69, 9.17) is 32.7 Å². The molecule has 0 radical (unpaired) electrons. The van der Waals surface area contributed by atoms with Crippen LogP contribution in [0.15, 0.2) is 29.1 Å². The fraction of sp³-hybridized carbons (Fsp3) is 0.333. The second-order valence-electron chi connectivity index (χ2n) is 5.71. The van der Waals surface area contributed by atoms with Gasteiger partial charge in [-0.05, 0) is 12.1 Å². The van der Waals surface area contributed by atoms with Gasteiger partial charge in [0.1, 0.15) is 0 Å². The molecule has 1 heterocycles. The Morgan fingerprint density at radius 3 is 2.38 bits per heavy atom. The zero-order chi connectivity index (χ0) is 18.7. The van der Waals surface area contributed by atoms with Gasteiger partial charge in [0, 0.05) is 45.1 Å². The summed E-state index contributed by atoms with van der Waals surface area (Å²) in [5.41, 5.74) is 2.09. The Labute approximate surface area is 165 Å². The van der Waals surface area contributed by atoms with E-state index < -0.39 is 0 Å². The van der Waals surface area contributed by atoms with E-state index in [2.05, 4.69) is 9.88 Å². The van der Waals surface area contributed by atoms with E-state index in [1.807, 2.05) is 12.1 Å². The molecule has 0 atom stereocenters. The average Bonchev–Trinajstić information content (AvgIpc) is 2.60. The molecule has 1 aromatic carbocycles. The summed E-state index contributed by atoms with van der Waals surface area (Å²) in [6, 6.07) is 6.83. The van der Waals surface area contributed by atoms with Crippen molar-refractivity contribution in [1.82, 2.24) is 4.98 Å². The van der Waals surface area contributed by atoms with Crippen molar-refractivity contribution < 1.29 is 9.47 Å². The van der Waals surface area contributed by atoms with Crippen molar-refractivity contribution in [2.45, 2.75) is 0 Å². The fourth-order valence-corrected chi connectivity index (χ4v) is 4.38. The molecule has 0 bridgehead atoms. The minimum atomic E-state index is -0.135. The largest absolute Gasteiger partial charge is 0.383 e. The highest BCUT2D eigenvalue weighted by Gasteiger charge is 2.16. The molecule has 0 amide bonds. The molecule has 2 aliphatic rings. The summed E-state index contributed by atoms with van der Waals surface area (Å²) in [6.45, 7) is 2.61. The minimum absolute atomic E-state index is 0.135. The molecule has 5 nitrogen and oxygen atoms in total. The monoisotopic (exact) mass is 412 g/mol. The van der Waals surface area contributed by atoms with Crippen molar-refractivity contribution in [3.8, 4) is 10.6 Å². The van der Waals surface area contributed by atoms with Gasteiger partial charge in [0.2, 0.25) is 0 Å². The van der Waals surface area contributed by atoms with Gasteiger partial charge in [-0.15, -0.1) is 11.3 Å². The predicted octanol–water partition coefficient (Wildman–Crippen LogP) is 4.17. The van der Waals surface area contributed by atoms with Gasteiger partial charge < -0.3 is 14.4 Å². The molecule has 0 saturated carbocycles. The molecule has 0 aromatic heterocycles. The van der Waals surface area contributed by atoms with Crippen LogP contribution in [0.2, 0.25) is 10.0 Å². The second-order valence-corrected chi connectivity index (χ2v) is 7.61. The Bertz CT molecular complexity index is 940. The van der Waals surface area contributed by atoms with Crippen molar-refractivity contribution in [3.63, 3.8) is 0 Å². The smallest absolute Gasteiger partial charge is 0.181 e. The van der Waals surface area contributed by atoms with Gasteiger partial charge in [0.05, 0.1) is 44.0 Å². The molecule has 8 heteroatoms. The van der Waals surface area contributed by atoms with Gasteiger partial charge >= 0.3 is 0 Å². The van der Waals surface area contributed by atoms with E-state index in [1.54, 1.807) is 20.3 Å². The molecular formula is C18H18Cl2N2O3S. The van der Waals surface area contributed by atoms with Gasteiger partial charge in [-0.25, -0.2) is 4.98 Å². The molecule has 138 valence electrons. The Morgan fingerprint density at radius 2 is 1.73 bits per heavy atom. The summed E-state index contributed by atoms with van der Waals surface area (Å²) < 4.78 is 11.3. The van der Waals surface area contributed by atoms with Gasteiger partial charge in [-0.2, -0.15) is 0 Å². The Hall–Kier alpha value is -1.44. The highest BCUT2D eigenvalue weighted by atomic mass is 35.5. The lowest BCUT2D eigenvalue weighted by atomic mass is 10.2. The normalized spacial score (nSPS) is 11.4. The predicted molar refractivity (Wildman–Crippen MR) is 108 cm³/mol. The highest BCUT2D eigenvalue weighted by molar-refractivity contribution is 7.21. The summed E-state index contributed by atoms with van der Waals surface area (Å²) in [7, 11) is 3.34. The van der Waals surface area contributed by atoms with Crippen LogP contribution in [-0.2, 0) is 9.47 Å². The van der Waals surface area contributed by atoms with Crippen LogP contribution in [0.5, 0.6) is 0 Å². The third kappa shape index (κ3) is 4.10. The molecule has 26 heavy (non-hydrogen) atoms.